The number of hydrogen-bond donors (Lipinski definition) is 0. The summed E-state index contributed by atoms with van der Waals surface area (Å²) in [7, 11) is 1.74. The van der Waals surface area contributed by atoms with Crippen molar-refractivity contribution in [2.75, 3.05) is 33.3 Å². The van der Waals surface area contributed by atoms with E-state index >= 15 is 0 Å². The number of hydrogen-bond acceptors (Lipinski definition) is 4. The zero-order chi connectivity index (χ0) is 15.7. The van der Waals surface area contributed by atoms with Gasteiger partial charge in [-0.05, 0) is 26.5 Å². The van der Waals surface area contributed by atoms with Gasteiger partial charge in [-0.2, -0.15) is 0 Å². The average Bonchev–Trinajstić information content (AvgIpc) is 2.45. The zero-order valence-electron chi connectivity index (χ0n) is 13.0. The lowest BCUT2D eigenvalue weighted by atomic mass is 10.2. The first kappa shape index (κ1) is 17.2. The summed E-state index contributed by atoms with van der Waals surface area (Å²) >= 11 is 0. The Morgan fingerprint density at radius 2 is 1.76 bits per heavy atom. The summed E-state index contributed by atoms with van der Waals surface area (Å²) in [6.07, 6.45) is 0. The predicted octanol–water partition coefficient (Wildman–Crippen LogP) is 1.53. The van der Waals surface area contributed by atoms with Crippen molar-refractivity contribution in [2.24, 2.45) is 0 Å². The highest BCUT2D eigenvalue weighted by atomic mass is 16.5. The summed E-state index contributed by atoms with van der Waals surface area (Å²) in [6, 6.07) is 9.87. The number of carbonyl (C=O) groups excluding carboxylic acids is 2. The average molecular weight is 292 g/mol. The quantitative estimate of drug-likeness (QED) is 0.682. The topological polar surface area (TPSA) is 49.9 Å². The van der Waals surface area contributed by atoms with E-state index in [1.54, 1.807) is 23.8 Å². The van der Waals surface area contributed by atoms with Gasteiger partial charge < -0.3 is 9.64 Å². The SMILES string of the molecule is CCOC(=O)CN(C)CC(=O)N(CC)Cc1ccccc1. The van der Waals surface area contributed by atoms with Gasteiger partial charge in [0.1, 0.15) is 0 Å². The Labute approximate surface area is 126 Å². The molecule has 0 saturated carbocycles. The fourth-order valence-corrected chi connectivity index (χ4v) is 1.99. The molecule has 1 rings (SSSR count). The molecule has 0 bridgehead atoms. The number of benzene rings is 1. The molecule has 0 radical (unpaired) electrons. The first-order valence-electron chi connectivity index (χ1n) is 7.22. The molecule has 0 N–H and O–H groups in total. The Balaban J connectivity index is 2.49. The zero-order valence-corrected chi connectivity index (χ0v) is 13.0. The Bertz CT molecular complexity index is 448. The van der Waals surface area contributed by atoms with Crippen LogP contribution in [0.1, 0.15) is 19.4 Å². The molecule has 5 heteroatoms. The summed E-state index contributed by atoms with van der Waals surface area (Å²) in [5.41, 5.74) is 1.10. The molecule has 0 aromatic heterocycles. The number of rotatable bonds is 8. The van der Waals surface area contributed by atoms with Crippen LogP contribution in [0.25, 0.3) is 0 Å². The second-order valence-corrected chi connectivity index (χ2v) is 4.87. The minimum absolute atomic E-state index is 0.00755. The Hall–Kier alpha value is -1.88. The van der Waals surface area contributed by atoms with E-state index in [4.69, 9.17) is 4.74 Å². The third-order valence-corrected chi connectivity index (χ3v) is 3.06. The van der Waals surface area contributed by atoms with Crippen LogP contribution in [0.4, 0.5) is 0 Å². The minimum Gasteiger partial charge on any atom is -0.465 e. The van der Waals surface area contributed by atoms with E-state index in [1.807, 2.05) is 37.3 Å². The number of amides is 1. The summed E-state index contributed by atoms with van der Waals surface area (Å²) < 4.78 is 4.87. The van der Waals surface area contributed by atoms with Crippen LogP contribution < -0.4 is 0 Å². The Morgan fingerprint density at radius 1 is 1.10 bits per heavy atom. The molecule has 0 heterocycles. The summed E-state index contributed by atoms with van der Waals surface area (Å²) in [4.78, 5) is 27.1. The molecule has 5 nitrogen and oxygen atoms in total. The molecule has 0 spiro atoms. The maximum absolute atomic E-state index is 12.3. The van der Waals surface area contributed by atoms with E-state index in [1.165, 1.54) is 0 Å². The highest BCUT2D eigenvalue weighted by Gasteiger charge is 2.16. The van der Waals surface area contributed by atoms with Gasteiger partial charge in [-0.25, -0.2) is 0 Å². The standard InChI is InChI=1S/C16H24N2O3/c1-4-18(11-14-9-7-6-8-10-14)15(19)12-17(3)13-16(20)21-5-2/h6-10H,4-5,11-13H2,1-3H3. The van der Waals surface area contributed by atoms with Crippen LogP contribution in [-0.4, -0.2) is 55.0 Å². The number of nitrogens with zero attached hydrogens (tertiary/aromatic N) is 2. The van der Waals surface area contributed by atoms with Crippen molar-refractivity contribution in [1.82, 2.24) is 9.80 Å². The molecule has 1 aromatic rings. The molecule has 0 fully saturated rings. The van der Waals surface area contributed by atoms with Crippen molar-refractivity contribution >= 4 is 11.9 Å². The van der Waals surface area contributed by atoms with Gasteiger partial charge in [-0.1, -0.05) is 30.3 Å². The van der Waals surface area contributed by atoms with Gasteiger partial charge in [-0.3, -0.25) is 14.5 Å². The largest absolute Gasteiger partial charge is 0.465 e. The van der Waals surface area contributed by atoms with Crippen LogP contribution in [0, 0.1) is 0 Å². The van der Waals surface area contributed by atoms with Crippen LogP contribution in [0.3, 0.4) is 0 Å². The molecular weight excluding hydrogens is 268 g/mol. The third-order valence-electron chi connectivity index (χ3n) is 3.06. The number of ether oxygens (including phenoxy) is 1. The van der Waals surface area contributed by atoms with Crippen LogP contribution >= 0.6 is 0 Å². The molecule has 0 unspecified atom stereocenters. The van der Waals surface area contributed by atoms with Crippen molar-refractivity contribution in [3.05, 3.63) is 35.9 Å². The van der Waals surface area contributed by atoms with E-state index in [2.05, 4.69) is 0 Å². The van der Waals surface area contributed by atoms with Gasteiger partial charge >= 0.3 is 5.97 Å². The molecule has 0 aliphatic rings. The van der Waals surface area contributed by atoms with Crippen molar-refractivity contribution in [1.29, 1.82) is 0 Å². The molecule has 0 saturated heterocycles. The van der Waals surface area contributed by atoms with Crippen molar-refractivity contribution in [3.63, 3.8) is 0 Å². The molecule has 21 heavy (non-hydrogen) atoms. The smallest absolute Gasteiger partial charge is 0.320 e. The van der Waals surface area contributed by atoms with E-state index in [0.29, 0.717) is 19.7 Å². The van der Waals surface area contributed by atoms with Crippen molar-refractivity contribution in [2.45, 2.75) is 20.4 Å². The highest BCUT2D eigenvalue weighted by molar-refractivity contribution is 5.79. The lowest BCUT2D eigenvalue weighted by Gasteiger charge is -2.24. The second-order valence-electron chi connectivity index (χ2n) is 4.87. The summed E-state index contributed by atoms with van der Waals surface area (Å²) in [5, 5.41) is 0. The molecule has 116 valence electrons. The second kappa shape index (κ2) is 9.13. The Morgan fingerprint density at radius 3 is 2.33 bits per heavy atom. The fourth-order valence-electron chi connectivity index (χ4n) is 1.99. The normalized spacial score (nSPS) is 10.5. The van der Waals surface area contributed by atoms with E-state index in [-0.39, 0.29) is 25.0 Å². The lowest BCUT2D eigenvalue weighted by Crippen LogP contribution is -2.40. The first-order chi connectivity index (χ1) is 10.1. The van der Waals surface area contributed by atoms with Gasteiger partial charge in [0.25, 0.3) is 0 Å². The van der Waals surface area contributed by atoms with E-state index in [0.717, 1.165) is 5.56 Å². The van der Waals surface area contributed by atoms with Crippen LogP contribution in [0.5, 0.6) is 0 Å². The van der Waals surface area contributed by atoms with Gasteiger partial charge in [0.2, 0.25) is 5.91 Å². The minimum atomic E-state index is -0.307. The van der Waals surface area contributed by atoms with Gasteiger partial charge in [-0.15, -0.1) is 0 Å². The van der Waals surface area contributed by atoms with Crippen molar-refractivity contribution < 1.29 is 14.3 Å². The highest BCUT2D eigenvalue weighted by Crippen LogP contribution is 2.05. The van der Waals surface area contributed by atoms with E-state index in [9.17, 15) is 9.59 Å². The van der Waals surface area contributed by atoms with E-state index < -0.39 is 0 Å². The Kier molecular flexibility index (Phi) is 7.46. The summed E-state index contributed by atoms with van der Waals surface area (Å²) in [5.74, 6) is -0.299. The van der Waals surface area contributed by atoms with Crippen LogP contribution in [-0.2, 0) is 20.9 Å². The predicted molar refractivity (Wildman–Crippen MR) is 81.7 cm³/mol. The van der Waals surface area contributed by atoms with Crippen LogP contribution in [0.2, 0.25) is 0 Å². The van der Waals surface area contributed by atoms with Crippen LogP contribution in [0.15, 0.2) is 30.3 Å². The summed E-state index contributed by atoms with van der Waals surface area (Å²) in [6.45, 7) is 5.63. The first-order valence-corrected chi connectivity index (χ1v) is 7.22. The maximum Gasteiger partial charge on any atom is 0.320 e. The number of esters is 1. The molecule has 0 aliphatic carbocycles. The fraction of sp³-hybridized carbons (Fsp3) is 0.500. The monoisotopic (exact) mass is 292 g/mol. The van der Waals surface area contributed by atoms with Gasteiger partial charge in [0.15, 0.2) is 0 Å². The maximum atomic E-state index is 12.3. The molecule has 0 aliphatic heterocycles. The molecule has 1 amide bonds. The molecule has 0 atom stereocenters. The number of carbonyl (C=O) groups is 2. The molecule has 1 aromatic carbocycles. The lowest BCUT2D eigenvalue weighted by molar-refractivity contribution is -0.144. The van der Waals surface area contributed by atoms with Gasteiger partial charge in [0.05, 0.1) is 19.7 Å². The van der Waals surface area contributed by atoms with Crippen molar-refractivity contribution in [3.8, 4) is 0 Å². The third kappa shape index (κ3) is 6.40. The number of likely N-dealkylation sites (N-methyl/N-ethyl adjacent to an activating group) is 2. The van der Waals surface area contributed by atoms with Gasteiger partial charge in [0, 0.05) is 13.1 Å². The molecular formula is C16H24N2O3.